The quantitative estimate of drug-likeness (QED) is 0.490. The van der Waals surface area contributed by atoms with Crippen molar-refractivity contribution in [3.63, 3.8) is 0 Å². The summed E-state index contributed by atoms with van der Waals surface area (Å²) < 4.78 is 4.25. The van der Waals surface area contributed by atoms with E-state index in [1.54, 1.807) is 14.2 Å². The molecule has 0 spiro atoms. The summed E-state index contributed by atoms with van der Waals surface area (Å²) in [4.78, 5) is 8.00. The van der Waals surface area contributed by atoms with Crippen molar-refractivity contribution in [2.45, 2.75) is 0 Å². The van der Waals surface area contributed by atoms with E-state index in [9.17, 15) is 0 Å². The first-order chi connectivity index (χ1) is 4.33. The second-order valence-corrected chi connectivity index (χ2v) is 0.855. The Morgan fingerprint density at radius 2 is 1.33 bits per heavy atom. The minimum Gasteiger partial charge on any atom is -0.394 e. The van der Waals surface area contributed by atoms with Crippen LogP contribution in [0.25, 0.3) is 0 Å². The van der Waals surface area contributed by atoms with Gasteiger partial charge in [0.1, 0.15) is 6.79 Å². The number of hydrogen-bond donors (Lipinski definition) is 2. The standard InChI is InChI=1S/C2H6O2.C2H6O.CH2O/c3-1-2-4;1-3-2;1-2/h3-4H,1-2H2;1-2H3;1H2. The lowest BCUT2D eigenvalue weighted by molar-refractivity contribution is -0.0979. The van der Waals surface area contributed by atoms with Gasteiger partial charge in [0.25, 0.3) is 0 Å². The lowest BCUT2D eigenvalue weighted by atomic mass is 10.8. The molecule has 4 nitrogen and oxygen atoms in total. The second kappa shape index (κ2) is 49.8. The van der Waals surface area contributed by atoms with Gasteiger partial charge in [0.15, 0.2) is 0 Å². The van der Waals surface area contributed by atoms with Crippen molar-refractivity contribution in [1.29, 1.82) is 0 Å². The van der Waals surface area contributed by atoms with E-state index in [0.29, 0.717) is 0 Å². The normalized spacial score (nSPS) is 5.78. The summed E-state index contributed by atoms with van der Waals surface area (Å²) in [6.07, 6.45) is 0. The smallest absolute Gasteiger partial charge is 0.106 e. The topological polar surface area (TPSA) is 66.8 Å². The summed E-state index contributed by atoms with van der Waals surface area (Å²) in [7, 11) is 3.25. The van der Waals surface area contributed by atoms with Crippen molar-refractivity contribution < 1.29 is 19.7 Å². The van der Waals surface area contributed by atoms with Gasteiger partial charge in [-0.05, 0) is 0 Å². The molecule has 58 valence electrons. The van der Waals surface area contributed by atoms with Gasteiger partial charge in [-0.2, -0.15) is 0 Å². The third kappa shape index (κ3) is 769. The average molecular weight is 138 g/mol. The molecule has 0 aliphatic rings. The highest BCUT2D eigenvalue weighted by atomic mass is 16.4. The summed E-state index contributed by atoms with van der Waals surface area (Å²) in [6.45, 7) is 1.75. The van der Waals surface area contributed by atoms with Crippen LogP contribution in [-0.2, 0) is 9.53 Å². The van der Waals surface area contributed by atoms with Gasteiger partial charge in [-0.1, -0.05) is 0 Å². The van der Waals surface area contributed by atoms with E-state index in [0.717, 1.165) is 0 Å². The number of aliphatic hydroxyl groups excluding tert-OH is 2. The fourth-order valence-electron chi connectivity index (χ4n) is 0. The van der Waals surface area contributed by atoms with Crippen molar-refractivity contribution in [1.82, 2.24) is 0 Å². The monoisotopic (exact) mass is 138 g/mol. The predicted molar refractivity (Wildman–Crippen MR) is 34.2 cm³/mol. The molecule has 0 aromatic heterocycles. The first-order valence-electron chi connectivity index (χ1n) is 2.24. The van der Waals surface area contributed by atoms with E-state index >= 15 is 0 Å². The van der Waals surface area contributed by atoms with Crippen LogP contribution >= 0.6 is 0 Å². The van der Waals surface area contributed by atoms with Gasteiger partial charge in [0, 0.05) is 14.2 Å². The van der Waals surface area contributed by atoms with Crippen LogP contribution < -0.4 is 0 Å². The van der Waals surface area contributed by atoms with E-state index in [2.05, 4.69) is 4.74 Å². The van der Waals surface area contributed by atoms with Crippen LogP contribution in [0.2, 0.25) is 0 Å². The minimum atomic E-state index is -0.125. The summed E-state index contributed by atoms with van der Waals surface area (Å²) in [5.74, 6) is 0. The summed E-state index contributed by atoms with van der Waals surface area (Å²) in [5, 5.41) is 15.2. The highest BCUT2D eigenvalue weighted by Crippen LogP contribution is 1.39. The molecule has 0 saturated carbocycles. The van der Waals surface area contributed by atoms with Crippen molar-refractivity contribution >= 4 is 6.79 Å². The predicted octanol–water partition coefficient (Wildman–Crippen LogP) is -0.951. The van der Waals surface area contributed by atoms with Gasteiger partial charge < -0.3 is 19.7 Å². The Hall–Kier alpha value is -0.450. The molecule has 0 atom stereocenters. The Balaban J connectivity index is -0.0000000646. The van der Waals surface area contributed by atoms with Crippen LogP contribution in [0.1, 0.15) is 0 Å². The molecule has 0 rings (SSSR count). The fourth-order valence-corrected chi connectivity index (χ4v) is 0. The Kier molecular flexibility index (Phi) is 87.6. The van der Waals surface area contributed by atoms with Crippen molar-refractivity contribution in [3.8, 4) is 0 Å². The lowest BCUT2D eigenvalue weighted by Gasteiger charge is -1.70. The third-order valence-electron chi connectivity index (χ3n) is 0.1000. The van der Waals surface area contributed by atoms with E-state index in [-0.39, 0.29) is 13.2 Å². The molecule has 0 amide bonds. The van der Waals surface area contributed by atoms with Gasteiger partial charge in [-0.25, -0.2) is 0 Å². The summed E-state index contributed by atoms with van der Waals surface area (Å²) in [6, 6.07) is 0. The highest BCUT2D eigenvalue weighted by Gasteiger charge is 1.58. The van der Waals surface area contributed by atoms with Gasteiger partial charge in [-0.15, -0.1) is 0 Å². The van der Waals surface area contributed by atoms with Gasteiger partial charge in [0.2, 0.25) is 0 Å². The first kappa shape index (κ1) is 15.8. The van der Waals surface area contributed by atoms with Crippen LogP contribution in [0.3, 0.4) is 0 Å². The largest absolute Gasteiger partial charge is 0.394 e. The van der Waals surface area contributed by atoms with Crippen molar-refractivity contribution in [2.24, 2.45) is 0 Å². The zero-order valence-corrected chi connectivity index (χ0v) is 5.83. The zero-order valence-electron chi connectivity index (χ0n) is 5.83. The lowest BCUT2D eigenvalue weighted by Crippen LogP contribution is -1.85. The van der Waals surface area contributed by atoms with E-state index < -0.39 is 0 Å². The average Bonchev–Trinajstić information content (AvgIpc) is 1.94. The molecule has 0 heterocycles. The van der Waals surface area contributed by atoms with Crippen molar-refractivity contribution in [2.75, 3.05) is 27.4 Å². The summed E-state index contributed by atoms with van der Waals surface area (Å²) in [5.41, 5.74) is 0. The third-order valence-corrected chi connectivity index (χ3v) is 0.1000. The fraction of sp³-hybridized carbons (Fsp3) is 0.800. The van der Waals surface area contributed by atoms with Crippen LogP contribution in [-0.4, -0.2) is 44.4 Å². The molecule has 0 aliphatic carbocycles. The molecule has 0 aromatic carbocycles. The number of carbonyl (C=O) groups excluding carboxylic acids is 1. The van der Waals surface area contributed by atoms with E-state index in [4.69, 9.17) is 15.0 Å². The molecule has 9 heavy (non-hydrogen) atoms. The molecular formula is C5H14O4. The molecule has 0 unspecified atom stereocenters. The number of ether oxygens (including phenoxy) is 1. The Bertz CT molecular complexity index is 22.9. The molecule has 0 aliphatic heterocycles. The molecular weight excluding hydrogens is 124 g/mol. The van der Waals surface area contributed by atoms with Crippen LogP contribution in [0.15, 0.2) is 0 Å². The molecule has 0 saturated heterocycles. The van der Waals surface area contributed by atoms with Gasteiger partial charge in [0.05, 0.1) is 13.2 Å². The van der Waals surface area contributed by atoms with Crippen LogP contribution in [0, 0.1) is 0 Å². The Labute approximate surface area is 55.1 Å². The molecule has 2 N–H and O–H groups in total. The molecule has 0 radical (unpaired) electrons. The molecule has 4 heteroatoms. The number of methoxy groups -OCH3 is 1. The second-order valence-electron chi connectivity index (χ2n) is 0.855. The van der Waals surface area contributed by atoms with Gasteiger partial charge in [-0.3, -0.25) is 0 Å². The maximum atomic E-state index is 8.00. The van der Waals surface area contributed by atoms with E-state index in [1.165, 1.54) is 0 Å². The van der Waals surface area contributed by atoms with Gasteiger partial charge >= 0.3 is 0 Å². The van der Waals surface area contributed by atoms with Crippen molar-refractivity contribution in [3.05, 3.63) is 0 Å². The number of hydrogen-bond acceptors (Lipinski definition) is 4. The SMILES string of the molecule is C=O.COC.OCCO. The van der Waals surface area contributed by atoms with Crippen LogP contribution in [0.5, 0.6) is 0 Å². The number of rotatable bonds is 1. The van der Waals surface area contributed by atoms with E-state index in [1.807, 2.05) is 6.79 Å². The maximum absolute atomic E-state index is 8.00. The Morgan fingerprint density at radius 3 is 1.33 bits per heavy atom. The Morgan fingerprint density at radius 1 is 1.22 bits per heavy atom. The zero-order chi connectivity index (χ0) is 8.12. The summed E-state index contributed by atoms with van der Waals surface area (Å²) >= 11 is 0. The molecule has 0 fully saturated rings. The number of aliphatic hydroxyl groups is 2. The maximum Gasteiger partial charge on any atom is 0.106 e. The highest BCUT2D eigenvalue weighted by molar-refractivity contribution is 5.10. The number of carbonyl (C=O) groups is 1. The minimum absolute atomic E-state index is 0.125. The first-order valence-corrected chi connectivity index (χ1v) is 2.24. The van der Waals surface area contributed by atoms with Crippen LogP contribution in [0.4, 0.5) is 0 Å². The molecule has 0 aromatic rings. The molecule has 0 bridgehead atoms.